The fraction of sp³-hybridized carbons (Fsp3) is 0.533. The van der Waals surface area contributed by atoms with Gasteiger partial charge in [-0.25, -0.2) is 4.98 Å². The normalized spacial score (nSPS) is 13.3. The third-order valence-electron chi connectivity index (χ3n) is 3.64. The standard InChI is InChI=1S/C15H24N4/c1-16-12(9-10-18(2)3)11-15-17-13-7-5-6-8-14(13)19(15)4/h5-8,12,16H,9-11H2,1-4H3. The summed E-state index contributed by atoms with van der Waals surface area (Å²) in [5.41, 5.74) is 2.29. The zero-order valence-corrected chi connectivity index (χ0v) is 12.3. The fourth-order valence-corrected chi connectivity index (χ4v) is 2.36. The largest absolute Gasteiger partial charge is 0.331 e. The molecule has 0 aliphatic heterocycles. The summed E-state index contributed by atoms with van der Waals surface area (Å²) in [7, 11) is 8.36. The molecule has 1 N–H and O–H groups in total. The molecule has 2 aromatic rings. The number of fused-ring (bicyclic) bond motifs is 1. The van der Waals surface area contributed by atoms with E-state index >= 15 is 0 Å². The van der Waals surface area contributed by atoms with Gasteiger partial charge in [-0.3, -0.25) is 0 Å². The van der Waals surface area contributed by atoms with E-state index in [0.717, 1.165) is 30.7 Å². The van der Waals surface area contributed by atoms with Crippen molar-refractivity contribution in [2.45, 2.75) is 18.9 Å². The van der Waals surface area contributed by atoms with Crippen LogP contribution in [-0.4, -0.2) is 48.2 Å². The molecule has 19 heavy (non-hydrogen) atoms. The van der Waals surface area contributed by atoms with Crippen LogP contribution in [0.3, 0.4) is 0 Å². The van der Waals surface area contributed by atoms with E-state index in [-0.39, 0.29) is 0 Å². The summed E-state index contributed by atoms with van der Waals surface area (Å²) in [5, 5.41) is 3.40. The molecule has 2 rings (SSSR count). The van der Waals surface area contributed by atoms with Crippen molar-refractivity contribution in [3.8, 4) is 0 Å². The minimum atomic E-state index is 0.470. The topological polar surface area (TPSA) is 33.1 Å². The number of likely N-dealkylation sites (N-methyl/N-ethyl adjacent to an activating group) is 1. The molecule has 1 aromatic heterocycles. The highest BCUT2D eigenvalue weighted by molar-refractivity contribution is 5.75. The number of imidazole rings is 1. The van der Waals surface area contributed by atoms with Gasteiger partial charge in [0.1, 0.15) is 5.82 Å². The predicted octanol–water partition coefficient (Wildman–Crippen LogP) is 1.66. The molecule has 0 bridgehead atoms. The lowest BCUT2D eigenvalue weighted by Crippen LogP contribution is -2.32. The molecule has 4 nitrogen and oxygen atoms in total. The second kappa shape index (κ2) is 6.17. The highest BCUT2D eigenvalue weighted by Crippen LogP contribution is 2.15. The van der Waals surface area contributed by atoms with Crippen molar-refractivity contribution < 1.29 is 0 Å². The van der Waals surface area contributed by atoms with E-state index in [1.165, 1.54) is 5.52 Å². The first-order valence-electron chi connectivity index (χ1n) is 6.84. The van der Waals surface area contributed by atoms with Crippen LogP contribution in [0.2, 0.25) is 0 Å². The third kappa shape index (κ3) is 3.33. The van der Waals surface area contributed by atoms with Crippen LogP contribution in [0.25, 0.3) is 11.0 Å². The Kier molecular flexibility index (Phi) is 4.56. The number of aryl methyl sites for hydroxylation is 1. The average Bonchev–Trinajstić information content (AvgIpc) is 2.71. The molecule has 0 spiro atoms. The van der Waals surface area contributed by atoms with Crippen LogP contribution < -0.4 is 5.32 Å². The second-order valence-corrected chi connectivity index (χ2v) is 5.36. The van der Waals surface area contributed by atoms with Gasteiger partial charge in [0.15, 0.2) is 0 Å². The van der Waals surface area contributed by atoms with E-state index in [0.29, 0.717) is 6.04 Å². The van der Waals surface area contributed by atoms with E-state index < -0.39 is 0 Å². The number of hydrogen-bond donors (Lipinski definition) is 1. The van der Waals surface area contributed by atoms with Gasteiger partial charge in [0.25, 0.3) is 0 Å². The smallest absolute Gasteiger partial charge is 0.111 e. The summed E-state index contributed by atoms with van der Waals surface area (Å²) in [4.78, 5) is 6.96. The minimum absolute atomic E-state index is 0.470. The zero-order chi connectivity index (χ0) is 13.8. The van der Waals surface area contributed by atoms with Crippen LogP contribution in [0.15, 0.2) is 24.3 Å². The molecule has 0 amide bonds. The van der Waals surface area contributed by atoms with Gasteiger partial charge in [0, 0.05) is 19.5 Å². The maximum atomic E-state index is 4.74. The molecule has 0 radical (unpaired) electrons. The number of benzene rings is 1. The van der Waals surface area contributed by atoms with Crippen LogP contribution in [0.5, 0.6) is 0 Å². The Morgan fingerprint density at radius 2 is 2.05 bits per heavy atom. The van der Waals surface area contributed by atoms with Gasteiger partial charge in [0.2, 0.25) is 0 Å². The quantitative estimate of drug-likeness (QED) is 0.857. The first-order chi connectivity index (χ1) is 9.11. The van der Waals surface area contributed by atoms with Gasteiger partial charge in [-0.1, -0.05) is 12.1 Å². The van der Waals surface area contributed by atoms with Gasteiger partial charge in [-0.15, -0.1) is 0 Å². The van der Waals surface area contributed by atoms with Crippen molar-refractivity contribution in [1.29, 1.82) is 0 Å². The van der Waals surface area contributed by atoms with Gasteiger partial charge < -0.3 is 14.8 Å². The highest BCUT2D eigenvalue weighted by atomic mass is 15.1. The zero-order valence-electron chi connectivity index (χ0n) is 12.3. The van der Waals surface area contributed by atoms with Crippen LogP contribution >= 0.6 is 0 Å². The van der Waals surface area contributed by atoms with Gasteiger partial charge in [-0.05, 0) is 46.2 Å². The van der Waals surface area contributed by atoms with E-state index in [1.807, 2.05) is 13.1 Å². The molecular weight excluding hydrogens is 236 g/mol. The number of nitrogens with one attached hydrogen (secondary N) is 1. The summed E-state index contributed by atoms with van der Waals surface area (Å²) in [6, 6.07) is 8.78. The average molecular weight is 260 g/mol. The number of rotatable bonds is 6. The van der Waals surface area contributed by atoms with E-state index in [4.69, 9.17) is 4.98 Å². The Bertz CT molecular complexity index is 530. The van der Waals surface area contributed by atoms with Crippen LogP contribution in [0.1, 0.15) is 12.2 Å². The Morgan fingerprint density at radius 1 is 1.32 bits per heavy atom. The molecule has 1 heterocycles. The molecular formula is C15H24N4. The van der Waals surface area contributed by atoms with Crippen LogP contribution in [0, 0.1) is 0 Å². The Balaban J connectivity index is 2.13. The molecule has 104 valence electrons. The maximum Gasteiger partial charge on any atom is 0.111 e. The van der Waals surface area contributed by atoms with Crippen molar-refractivity contribution in [1.82, 2.24) is 19.8 Å². The molecule has 0 fully saturated rings. The van der Waals surface area contributed by atoms with Gasteiger partial charge >= 0.3 is 0 Å². The Morgan fingerprint density at radius 3 is 2.68 bits per heavy atom. The molecule has 0 aliphatic rings. The van der Waals surface area contributed by atoms with E-state index in [1.54, 1.807) is 0 Å². The number of nitrogens with zero attached hydrogens (tertiary/aromatic N) is 3. The molecule has 1 atom stereocenters. The monoisotopic (exact) mass is 260 g/mol. The summed E-state index contributed by atoms with van der Waals surface area (Å²) < 4.78 is 2.20. The van der Waals surface area contributed by atoms with E-state index in [9.17, 15) is 0 Å². The highest BCUT2D eigenvalue weighted by Gasteiger charge is 2.13. The number of hydrogen-bond acceptors (Lipinski definition) is 3. The predicted molar refractivity (Wildman–Crippen MR) is 80.4 cm³/mol. The lowest BCUT2D eigenvalue weighted by atomic mass is 10.1. The second-order valence-electron chi connectivity index (χ2n) is 5.36. The van der Waals surface area contributed by atoms with Crippen molar-refractivity contribution in [3.05, 3.63) is 30.1 Å². The Hall–Kier alpha value is -1.39. The van der Waals surface area contributed by atoms with Crippen molar-refractivity contribution in [2.75, 3.05) is 27.7 Å². The molecule has 1 unspecified atom stereocenters. The minimum Gasteiger partial charge on any atom is -0.331 e. The summed E-state index contributed by atoms with van der Waals surface area (Å²) in [6.07, 6.45) is 2.10. The molecule has 1 aromatic carbocycles. The van der Waals surface area contributed by atoms with E-state index in [2.05, 4.69) is 54.1 Å². The first kappa shape index (κ1) is 14.0. The lowest BCUT2D eigenvalue weighted by molar-refractivity contribution is 0.361. The van der Waals surface area contributed by atoms with Crippen molar-refractivity contribution in [3.63, 3.8) is 0 Å². The summed E-state index contributed by atoms with van der Waals surface area (Å²) in [6.45, 7) is 1.09. The van der Waals surface area contributed by atoms with Crippen LogP contribution in [0.4, 0.5) is 0 Å². The first-order valence-corrected chi connectivity index (χ1v) is 6.84. The molecule has 4 heteroatoms. The third-order valence-corrected chi connectivity index (χ3v) is 3.64. The number of para-hydroxylation sites is 2. The van der Waals surface area contributed by atoms with Gasteiger partial charge in [0.05, 0.1) is 11.0 Å². The summed E-state index contributed by atoms with van der Waals surface area (Å²) in [5.74, 6) is 1.15. The van der Waals surface area contributed by atoms with Gasteiger partial charge in [-0.2, -0.15) is 0 Å². The molecule has 0 aliphatic carbocycles. The van der Waals surface area contributed by atoms with Crippen molar-refractivity contribution in [2.24, 2.45) is 7.05 Å². The SMILES string of the molecule is CNC(CCN(C)C)Cc1nc2ccccc2n1C. The van der Waals surface area contributed by atoms with Crippen molar-refractivity contribution >= 4 is 11.0 Å². The summed E-state index contributed by atoms with van der Waals surface area (Å²) >= 11 is 0. The lowest BCUT2D eigenvalue weighted by Gasteiger charge is -2.18. The number of aromatic nitrogens is 2. The van der Waals surface area contributed by atoms with Crippen LogP contribution in [-0.2, 0) is 13.5 Å². The molecule has 0 saturated carbocycles. The fourth-order valence-electron chi connectivity index (χ4n) is 2.36. The molecule has 0 saturated heterocycles. The maximum absolute atomic E-state index is 4.74. The Labute approximate surface area is 115 Å².